The fourth-order valence-corrected chi connectivity index (χ4v) is 4.96. The third-order valence-electron chi connectivity index (χ3n) is 4.96. The van der Waals surface area contributed by atoms with E-state index < -0.39 is 46.6 Å². The molecule has 0 bridgehead atoms. The maximum absolute atomic E-state index is 14.3. The SMILES string of the molecule is CC1Cc2sc(NC(=O)[C@H](C)NC(=O)OC(C)(C)C)c(C(=O)c3c(F)cccc3F)c2C1. The van der Waals surface area contributed by atoms with E-state index in [0.29, 0.717) is 18.4 Å². The highest BCUT2D eigenvalue weighted by atomic mass is 32.1. The van der Waals surface area contributed by atoms with Crippen LogP contribution in [0.1, 0.15) is 61.0 Å². The second-order valence-electron chi connectivity index (χ2n) is 9.00. The number of thiophene rings is 1. The molecule has 2 amide bonds. The standard InChI is InChI=1S/C23H26F2N2O4S/c1-11-9-13-16(10-11)32-21(17(13)19(28)18-14(24)7-6-8-15(18)25)27-20(29)12(2)26-22(30)31-23(3,4)5/h6-8,11-12H,9-10H2,1-5H3,(H,26,30)(H,27,29)/t11?,12-/m0/s1. The number of benzene rings is 1. The van der Waals surface area contributed by atoms with Crippen LogP contribution >= 0.6 is 11.3 Å². The Kier molecular flexibility index (Phi) is 6.69. The highest BCUT2D eigenvalue weighted by molar-refractivity contribution is 7.17. The smallest absolute Gasteiger partial charge is 0.408 e. The molecule has 1 aromatic carbocycles. The van der Waals surface area contributed by atoms with E-state index in [0.717, 1.165) is 17.0 Å². The molecule has 0 saturated carbocycles. The summed E-state index contributed by atoms with van der Waals surface area (Å²) in [4.78, 5) is 38.8. The molecule has 1 aliphatic rings. The molecule has 3 rings (SSSR count). The summed E-state index contributed by atoms with van der Waals surface area (Å²) in [6.45, 7) is 8.60. The van der Waals surface area contributed by atoms with Gasteiger partial charge < -0.3 is 15.4 Å². The molecule has 1 heterocycles. The maximum atomic E-state index is 14.3. The zero-order chi connectivity index (χ0) is 23.8. The Morgan fingerprint density at radius 3 is 2.34 bits per heavy atom. The molecule has 0 aliphatic heterocycles. The highest BCUT2D eigenvalue weighted by Gasteiger charge is 2.33. The van der Waals surface area contributed by atoms with E-state index in [4.69, 9.17) is 4.74 Å². The van der Waals surface area contributed by atoms with Crippen molar-refractivity contribution in [2.45, 2.75) is 59.1 Å². The number of anilines is 1. The number of hydrogen-bond acceptors (Lipinski definition) is 5. The lowest BCUT2D eigenvalue weighted by Gasteiger charge is -2.21. The van der Waals surface area contributed by atoms with E-state index in [1.165, 1.54) is 24.3 Å². The number of rotatable bonds is 5. The van der Waals surface area contributed by atoms with Crippen LogP contribution in [0.2, 0.25) is 0 Å². The molecule has 32 heavy (non-hydrogen) atoms. The van der Waals surface area contributed by atoms with Crippen LogP contribution in [-0.4, -0.2) is 29.4 Å². The van der Waals surface area contributed by atoms with Gasteiger partial charge in [-0.05, 0) is 64.2 Å². The number of ketones is 1. The van der Waals surface area contributed by atoms with Crippen molar-refractivity contribution < 1.29 is 27.9 Å². The minimum atomic E-state index is -0.964. The number of hydrogen-bond donors (Lipinski definition) is 2. The van der Waals surface area contributed by atoms with E-state index in [-0.39, 0.29) is 16.5 Å². The van der Waals surface area contributed by atoms with Crippen molar-refractivity contribution in [3.05, 3.63) is 51.4 Å². The summed E-state index contributed by atoms with van der Waals surface area (Å²) in [6, 6.07) is 2.27. The zero-order valence-electron chi connectivity index (χ0n) is 18.6. The van der Waals surface area contributed by atoms with Gasteiger partial charge in [0.15, 0.2) is 0 Å². The second-order valence-corrected chi connectivity index (χ2v) is 10.1. The van der Waals surface area contributed by atoms with Crippen molar-refractivity contribution in [3.63, 3.8) is 0 Å². The Labute approximate surface area is 189 Å². The van der Waals surface area contributed by atoms with Crippen LogP contribution in [0.5, 0.6) is 0 Å². The maximum Gasteiger partial charge on any atom is 0.408 e. The number of nitrogens with one attached hydrogen (secondary N) is 2. The number of carbonyl (C=O) groups is 3. The minimum Gasteiger partial charge on any atom is -0.444 e. The van der Waals surface area contributed by atoms with Gasteiger partial charge in [-0.2, -0.15) is 0 Å². The summed E-state index contributed by atoms with van der Waals surface area (Å²) in [5.74, 6) is -3.02. The van der Waals surface area contributed by atoms with E-state index >= 15 is 0 Å². The normalized spacial score (nSPS) is 16.3. The molecule has 0 fully saturated rings. The lowest BCUT2D eigenvalue weighted by molar-refractivity contribution is -0.117. The molecule has 0 radical (unpaired) electrons. The average Bonchev–Trinajstić information content (AvgIpc) is 3.14. The second kappa shape index (κ2) is 8.97. The Morgan fingerprint density at radius 2 is 1.75 bits per heavy atom. The van der Waals surface area contributed by atoms with Crippen molar-refractivity contribution in [3.8, 4) is 0 Å². The average molecular weight is 465 g/mol. The predicted octanol–water partition coefficient (Wildman–Crippen LogP) is 4.84. The molecule has 1 aliphatic carbocycles. The third kappa shape index (κ3) is 5.15. The molecule has 172 valence electrons. The molecule has 1 unspecified atom stereocenters. The molecular weight excluding hydrogens is 438 g/mol. The highest BCUT2D eigenvalue weighted by Crippen LogP contribution is 2.42. The van der Waals surface area contributed by atoms with Crippen molar-refractivity contribution in [1.29, 1.82) is 0 Å². The van der Waals surface area contributed by atoms with E-state index in [1.807, 2.05) is 6.92 Å². The van der Waals surface area contributed by atoms with Gasteiger partial charge in [0, 0.05) is 4.88 Å². The molecule has 6 nitrogen and oxygen atoms in total. The zero-order valence-corrected chi connectivity index (χ0v) is 19.4. The van der Waals surface area contributed by atoms with E-state index in [1.54, 1.807) is 20.8 Å². The summed E-state index contributed by atoms with van der Waals surface area (Å²) in [7, 11) is 0. The van der Waals surface area contributed by atoms with Crippen molar-refractivity contribution in [2.24, 2.45) is 5.92 Å². The number of amides is 2. The molecule has 2 N–H and O–H groups in total. The molecule has 0 spiro atoms. The van der Waals surface area contributed by atoms with Gasteiger partial charge in [-0.3, -0.25) is 9.59 Å². The van der Waals surface area contributed by atoms with Crippen LogP contribution in [0.25, 0.3) is 0 Å². The predicted molar refractivity (Wildman–Crippen MR) is 118 cm³/mol. The first-order valence-electron chi connectivity index (χ1n) is 10.3. The lowest BCUT2D eigenvalue weighted by atomic mass is 9.98. The van der Waals surface area contributed by atoms with Crippen LogP contribution < -0.4 is 10.6 Å². The number of ether oxygens (including phenoxy) is 1. The lowest BCUT2D eigenvalue weighted by Crippen LogP contribution is -2.44. The number of alkyl carbamates (subject to hydrolysis) is 1. The molecule has 9 heteroatoms. The monoisotopic (exact) mass is 464 g/mol. The van der Waals surface area contributed by atoms with Crippen molar-refractivity contribution in [2.75, 3.05) is 5.32 Å². The third-order valence-corrected chi connectivity index (χ3v) is 6.13. The van der Waals surface area contributed by atoms with Gasteiger partial charge in [-0.1, -0.05) is 13.0 Å². The summed E-state index contributed by atoms with van der Waals surface area (Å²) < 4.78 is 33.8. The molecule has 0 saturated heterocycles. The quantitative estimate of drug-likeness (QED) is 0.620. The summed E-state index contributed by atoms with van der Waals surface area (Å²) in [5, 5.41) is 5.31. The Bertz CT molecular complexity index is 1050. The number of carbonyl (C=O) groups excluding carboxylic acids is 3. The van der Waals surface area contributed by atoms with Gasteiger partial charge in [0.25, 0.3) is 0 Å². The van der Waals surface area contributed by atoms with Crippen LogP contribution in [0.4, 0.5) is 18.6 Å². The first kappa shape index (κ1) is 23.8. The largest absolute Gasteiger partial charge is 0.444 e. The van der Waals surface area contributed by atoms with Gasteiger partial charge >= 0.3 is 6.09 Å². The summed E-state index contributed by atoms with van der Waals surface area (Å²) >= 11 is 1.22. The Balaban J connectivity index is 1.88. The van der Waals surface area contributed by atoms with Crippen LogP contribution in [0.15, 0.2) is 18.2 Å². The summed E-state index contributed by atoms with van der Waals surface area (Å²) in [5.41, 5.74) is -0.563. The molecular formula is C23H26F2N2O4S. The van der Waals surface area contributed by atoms with Gasteiger partial charge in [-0.15, -0.1) is 11.3 Å². The first-order valence-corrected chi connectivity index (χ1v) is 11.1. The van der Waals surface area contributed by atoms with E-state index in [9.17, 15) is 23.2 Å². The van der Waals surface area contributed by atoms with Gasteiger partial charge in [0.1, 0.15) is 28.3 Å². The molecule has 1 aromatic heterocycles. The fraction of sp³-hybridized carbons (Fsp3) is 0.435. The van der Waals surface area contributed by atoms with Crippen LogP contribution in [-0.2, 0) is 22.4 Å². The molecule has 2 aromatic rings. The number of fused-ring (bicyclic) bond motifs is 1. The van der Waals surface area contributed by atoms with Gasteiger partial charge in [0.05, 0.1) is 11.1 Å². The first-order chi connectivity index (χ1) is 14.9. The fourth-order valence-electron chi connectivity index (χ4n) is 3.57. The van der Waals surface area contributed by atoms with Gasteiger partial charge in [0.2, 0.25) is 11.7 Å². The van der Waals surface area contributed by atoms with Crippen LogP contribution in [0, 0.1) is 17.6 Å². The van der Waals surface area contributed by atoms with E-state index in [2.05, 4.69) is 10.6 Å². The Hall–Kier alpha value is -2.81. The topological polar surface area (TPSA) is 84.5 Å². The summed E-state index contributed by atoms with van der Waals surface area (Å²) in [6.07, 6.45) is 0.527. The van der Waals surface area contributed by atoms with Crippen molar-refractivity contribution in [1.82, 2.24) is 5.32 Å². The van der Waals surface area contributed by atoms with Crippen LogP contribution in [0.3, 0.4) is 0 Å². The van der Waals surface area contributed by atoms with Gasteiger partial charge in [-0.25, -0.2) is 13.6 Å². The molecule has 2 atom stereocenters. The Morgan fingerprint density at radius 1 is 1.12 bits per heavy atom. The van der Waals surface area contributed by atoms with Crippen molar-refractivity contribution >= 4 is 34.1 Å². The number of halogens is 2. The minimum absolute atomic E-state index is 0.108.